The van der Waals surface area contributed by atoms with Crippen LogP contribution in [0.2, 0.25) is 5.02 Å². The average Bonchev–Trinajstić information content (AvgIpc) is 2.99. The van der Waals surface area contributed by atoms with Crippen LogP contribution in [0.1, 0.15) is 29.5 Å². The Morgan fingerprint density at radius 1 is 1.47 bits per heavy atom. The van der Waals surface area contributed by atoms with Gasteiger partial charge in [-0.3, -0.25) is 4.79 Å². The minimum atomic E-state index is 0.412. The molecule has 0 N–H and O–H groups in total. The number of hydrogen-bond acceptors (Lipinski definition) is 2. The molecule has 1 aliphatic carbocycles. The van der Waals surface area contributed by atoms with E-state index < -0.39 is 0 Å². The number of aromatic nitrogens is 2. The molecule has 3 nitrogen and oxygen atoms in total. The van der Waals surface area contributed by atoms with E-state index in [-0.39, 0.29) is 0 Å². The molecule has 0 spiro atoms. The van der Waals surface area contributed by atoms with E-state index in [4.69, 9.17) is 11.6 Å². The Bertz CT molecular complexity index is 543. The quantitative estimate of drug-likeness (QED) is 0.730. The second-order valence-corrected chi connectivity index (χ2v) is 4.20. The van der Waals surface area contributed by atoms with Crippen molar-refractivity contribution in [2.75, 3.05) is 0 Å². The van der Waals surface area contributed by atoms with Crippen LogP contribution < -0.4 is 0 Å². The van der Waals surface area contributed by atoms with Crippen LogP contribution in [-0.4, -0.2) is 15.8 Å². The van der Waals surface area contributed by atoms with Crippen LogP contribution in [-0.2, 0) is 0 Å². The summed E-state index contributed by atoms with van der Waals surface area (Å²) in [4.78, 5) is 15.2. The fourth-order valence-electron chi connectivity index (χ4n) is 1.91. The highest BCUT2D eigenvalue weighted by Crippen LogP contribution is 2.39. The third kappa shape index (κ3) is 1.27. The highest BCUT2D eigenvalue weighted by molar-refractivity contribution is 6.35. The fourth-order valence-corrected chi connectivity index (χ4v) is 2.17. The SMILES string of the molecule is O=Cc1nc2cccc(Cl)c2n1C1CC1. The Hall–Kier alpha value is -1.35. The highest BCUT2D eigenvalue weighted by Gasteiger charge is 2.28. The maximum absolute atomic E-state index is 10.9. The first-order valence-corrected chi connectivity index (χ1v) is 5.30. The molecule has 1 aromatic heterocycles. The normalized spacial score (nSPS) is 15.8. The number of halogens is 1. The third-order valence-corrected chi connectivity index (χ3v) is 3.01. The molecule has 3 rings (SSSR count). The van der Waals surface area contributed by atoms with Crippen LogP contribution in [0.15, 0.2) is 18.2 Å². The first-order valence-electron chi connectivity index (χ1n) is 4.93. The second-order valence-electron chi connectivity index (χ2n) is 3.80. The minimum absolute atomic E-state index is 0.412. The molecular weight excluding hydrogens is 212 g/mol. The van der Waals surface area contributed by atoms with Crippen molar-refractivity contribution < 1.29 is 4.79 Å². The predicted molar refractivity (Wildman–Crippen MR) is 58.4 cm³/mol. The smallest absolute Gasteiger partial charge is 0.185 e. The monoisotopic (exact) mass is 220 g/mol. The second kappa shape index (κ2) is 3.07. The van der Waals surface area contributed by atoms with Crippen molar-refractivity contribution in [3.63, 3.8) is 0 Å². The van der Waals surface area contributed by atoms with Crippen molar-refractivity contribution in [3.8, 4) is 0 Å². The lowest BCUT2D eigenvalue weighted by molar-refractivity contribution is 0.111. The van der Waals surface area contributed by atoms with Crippen LogP contribution in [0.5, 0.6) is 0 Å². The summed E-state index contributed by atoms with van der Waals surface area (Å²) in [6.07, 6.45) is 3.02. The van der Waals surface area contributed by atoms with Crippen molar-refractivity contribution in [2.24, 2.45) is 0 Å². The average molecular weight is 221 g/mol. The van der Waals surface area contributed by atoms with Gasteiger partial charge in [-0.2, -0.15) is 0 Å². The van der Waals surface area contributed by atoms with Gasteiger partial charge in [0.05, 0.1) is 16.1 Å². The molecule has 1 fully saturated rings. The highest BCUT2D eigenvalue weighted by atomic mass is 35.5. The van der Waals surface area contributed by atoms with Gasteiger partial charge in [-0.05, 0) is 25.0 Å². The van der Waals surface area contributed by atoms with Gasteiger partial charge in [0.1, 0.15) is 0 Å². The van der Waals surface area contributed by atoms with Gasteiger partial charge >= 0.3 is 0 Å². The molecule has 0 unspecified atom stereocenters. The maximum atomic E-state index is 10.9. The molecule has 1 aliphatic rings. The van der Waals surface area contributed by atoms with Crippen LogP contribution in [0.25, 0.3) is 11.0 Å². The third-order valence-electron chi connectivity index (χ3n) is 2.71. The van der Waals surface area contributed by atoms with Crippen molar-refractivity contribution in [3.05, 3.63) is 29.0 Å². The Kier molecular flexibility index (Phi) is 1.83. The minimum Gasteiger partial charge on any atom is -0.317 e. The van der Waals surface area contributed by atoms with Crippen molar-refractivity contribution in [2.45, 2.75) is 18.9 Å². The van der Waals surface area contributed by atoms with Gasteiger partial charge < -0.3 is 4.57 Å². The van der Waals surface area contributed by atoms with Crippen molar-refractivity contribution in [1.82, 2.24) is 9.55 Å². The number of imidazole rings is 1. The Morgan fingerprint density at radius 3 is 2.93 bits per heavy atom. The molecule has 76 valence electrons. The summed E-state index contributed by atoms with van der Waals surface area (Å²) in [5.41, 5.74) is 1.69. The summed E-state index contributed by atoms with van der Waals surface area (Å²) >= 11 is 6.13. The van der Waals surface area contributed by atoms with Crippen LogP contribution >= 0.6 is 11.6 Å². The summed E-state index contributed by atoms with van der Waals surface area (Å²) in [5.74, 6) is 0.487. The molecule has 0 amide bonds. The molecule has 0 atom stereocenters. The Balaban J connectivity index is 2.40. The van der Waals surface area contributed by atoms with Gasteiger partial charge in [0, 0.05) is 6.04 Å². The van der Waals surface area contributed by atoms with Gasteiger partial charge in [-0.1, -0.05) is 17.7 Å². The number of rotatable bonds is 2. The molecule has 15 heavy (non-hydrogen) atoms. The van der Waals surface area contributed by atoms with Crippen LogP contribution in [0.3, 0.4) is 0 Å². The molecule has 1 heterocycles. The fraction of sp³-hybridized carbons (Fsp3) is 0.273. The number of hydrogen-bond donors (Lipinski definition) is 0. The van der Waals surface area contributed by atoms with E-state index in [9.17, 15) is 4.79 Å². The summed E-state index contributed by atoms with van der Waals surface area (Å²) in [6, 6.07) is 5.98. The Morgan fingerprint density at radius 2 is 2.27 bits per heavy atom. The molecule has 1 saturated carbocycles. The lowest BCUT2D eigenvalue weighted by Gasteiger charge is -2.03. The van der Waals surface area contributed by atoms with E-state index in [0.29, 0.717) is 16.9 Å². The predicted octanol–water partition coefficient (Wildman–Crippen LogP) is 2.84. The van der Waals surface area contributed by atoms with Crippen molar-refractivity contribution >= 4 is 28.9 Å². The maximum Gasteiger partial charge on any atom is 0.185 e. The molecule has 1 aromatic carbocycles. The zero-order valence-corrected chi connectivity index (χ0v) is 8.74. The van der Waals surface area contributed by atoms with E-state index in [1.165, 1.54) is 0 Å². The van der Waals surface area contributed by atoms with Crippen LogP contribution in [0, 0.1) is 0 Å². The number of benzene rings is 1. The summed E-state index contributed by atoms with van der Waals surface area (Å²) in [7, 11) is 0. The van der Waals surface area contributed by atoms with Gasteiger partial charge in [0.25, 0.3) is 0 Å². The van der Waals surface area contributed by atoms with E-state index in [1.807, 2.05) is 22.8 Å². The van der Waals surface area contributed by atoms with E-state index in [1.54, 1.807) is 0 Å². The lowest BCUT2D eigenvalue weighted by atomic mass is 10.3. The molecule has 0 bridgehead atoms. The largest absolute Gasteiger partial charge is 0.317 e. The molecule has 0 aliphatic heterocycles. The summed E-state index contributed by atoms with van der Waals surface area (Å²) < 4.78 is 1.96. The number of carbonyl (C=O) groups excluding carboxylic acids is 1. The lowest BCUT2D eigenvalue weighted by Crippen LogP contribution is -1.99. The number of para-hydroxylation sites is 1. The standard InChI is InChI=1S/C11H9ClN2O/c12-8-2-1-3-9-11(8)14(7-4-5-7)10(6-15)13-9/h1-3,6-7H,4-5H2. The number of aldehydes is 1. The van der Waals surface area contributed by atoms with E-state index in [2.05, 4.69) is 4.98 Å². The summed E-state index contributed by atoms with van der Waals surface area (Å²) in [5, 5.41) is 0.667. The molecule has 0 saturated heterocycles. The molecular formula is C11H9ClN2O. The topological polar surface area (TPSA) is 34.9 Å². The van der Waals surface area contributed by atoms with Gasteiger partial charge in [-0.15, -0.1) is 0 Å². The molecule has 2 aromatic rings. The van der Waals surface area contributed by atoms with Gasteiger partial charge in [0.15, 0.2) is 12.1 Å². The Labute approximate surface area is 91.7 Å². The van der Waals surface area contributed by atoms with E-state index in [0.717, 1.165) is 30.2 Å². The number of carbonyl (C=O) groups is 1. The van der Waals surface area contributed by atoms with Crippen molar-refractivity contribution in [1.29, 1.82) is 0 Å². The van der Waals surface area contributed by atoms with E-state index >= 15 is 0 Å². The molecule has 0 radical (unpaired) electrons. The zero-order valence-electron chi connectivity index (χ0n) is 7.98. The first kappa shape index (κ1) is 8.92. The zero-order chi connectivity index (χ0) is 10.4. The van der Waals surface area contributed by atoms with Gasteiger partial charge in [-0.25, -0.2) is 4.98 Å². The van der Waals surface area contributed by atoms with Crippen LogP contribution in [0.4, 0.5) is 0 Å². The number of nitrogens with zero attached hydrogens (tertiary/aromatic N) is 2. The first-order chi connectivity index (χ1) is 7.31. The number of fused-ring (bicyclic) bond motifs is 1. The van der Waals surface area contributed by atoms with Gasteiger partial charge in [0.2, 0.25) is 0 Å². The summed E-state index contributed by atoms with van der Waals surface area (Å²) in [6.45, 7) is 0. The molecule has 4 heteroatoms.